The van der Waals surface area contributed by atoms with E-state index in [0.717, 1.165) is 22.3 Å². The smallest absolute Gasteiger partial charge is 0.274 e. The predicted molar refractivity (Wildman–Crippen MR) is 80.2 cm³/mol. The number of hydrogen-bond acceptors (Lipinski definition) is 4. The largest absolute Gasteiger partial charge is 0.340 e. The lowest BCUT2D eigenvalue weighted by Crippen LogP contribution is -2.15. The van der Waals surface area contributed by atoms with E-state index in [-0.39, 0.29) is 5.91 Å². The Hall–Kier alpha value is -2.21. The van der Waals surface area contributed by atoms with Crippen molar-refractivity contribution in [1.82, 2.24) is 14.8 Å². The second-order valence-corrected chi connectivity index (χ2v) is 5.52. The molecule has 6 heteroatoms. The number of nitrogens with one attached hydrogen (secondary N) is 1. The lowest BCUT2D eigenvalue weighted by Gasteiger charge is -2.03. The van der Waals surface area contributed by atoms with E-state index in [2.05, 4.69) is 15.5 Å². The highest BCUT2D eigenvalue weighted by Crippen LogP contribution is 2.20. The van der Waals surface area contributed by atoms with Crippen molar-refractivity contribution in [3.05, 3.63) is 41.0 Å². The lowest BCUT2D eigenvalue weighted by atomic mass is 10.2. The molecule has 0 fully saturated rings. The highest BCUT2D eigenvalue weighted by Gasteiger charge is 2.15. The van der Waals surface area contributed by atoms with Gasteiger partial charge in [-0.3, -0.25) is 10.1 Å². The molecule has 1 N–H and O–H groups in total. The van der Waals surface area contributed by atoms with Crippen LogP contribution in [-0.4, -0.2) is 20.7 Å². The fourth-order valence-electron chi connectivity index (χ4n) is 2.11. The number of para-hydroxylation sites is 1. The molecule has 3 rings (SSSR count). The fraction of sp³-hybridized carbons (Fsp3) is 0.214. The van der Waals surface area contributed by atoms with Crippen LogP contribution in [0.4, 0.5) is 5.13 Å². The van der Waals surface area contributed by atoms with Crippen molar-refractivity contribution < 1.29 is 4.79 Å². The van der Waals surface area contributed by atoms with Crippen molar-refractivity contribution >= 4 is 33.3 Å². The van der Waals surface area contributed by atoms with E-state index in [1.807, 2.05) is 48.9 Å². The van der Waals surface area contributed by atoms with Crippen molar-refractivity contribution in [3.8, 4) is 0 Å². The maximum absolute atomic E-state index is 12.3. The number of anilines is 1. The minimum atomic E-state index is -0.164. The van der Waals surface area contributed by atoms with Gasteiger partial charge < -0.3 is 4.57 Å². The summed E-state index contributed by atoms with van der Waals surface area (Å²) in [6.45, 7) is 2.01. The molecule has 0 radical (unpaired) electrons. The normalized spacial score (nSPS) is 10.9. The van der Waals surface area contributed by atoms with Gasteiger partial charge in [-0.1, -0.05) is 36.5 Å². The molecule has 20 heavy (non-hydrogen) atoms. The zero-order chi connectivity index (χ0) is 14.1. The van der Waals surface area contributed by atoms with Crippen LogP contribution in [-0.2, 0) is 13.5 Å². The van der Waals surface area contributed by atoms with Crippen LogP contribution in [0.3, 0.4) is 0 Å². The van der Waals surface area contributed by atoms with E-state index >= 15 is 0 Å². The van der Waals surface area contributed by atoms with E-state index in [0.29, 0.717) is 10.8 Å². The predicted octanol–water partition coefficient (Wildman–Crippen LogP) is 2.84. The first-order valence-corrected chi connectivity index (χ1v) is 7.19. The highest BCUT2D eigenvalue weighted by molar-refractivity contribution is 7.15. The Bertz CT molecular complexity index is 774. The summed E-state index contributed by atoms with van der Waals surface area (Å²) >= 11 is 1.41. The second-order valence-electron chi connectivity index (χ2n) is 4.46. The quantitative estimate of drug-likeness (QED) is 0.805. The maximum Gasteiger partial charge on any atom is 0.274 e. The third-order valence-corrected chi connectivity index (χ3v) is 4.16. The Kier molecular flexibility index (Phi) is 3.23. The number of fused-ring (bicyclic) bond motifs is 1. The van der Waals surface area contributed by atoms with Gasteiger partial charge >= 0.3 is 0 Å². The molecule has 3 aromatic rings. The van der Waals surface area contributed by atoms with Gasteiger partial charge in [0.25, 0.3) is 5.91 Å². The summed E-state index contributed by atoms with van der Waals surface area (Å²) in [5, 5.41) is 13.3. The molecule has 1 amide bonds. The molecule has 0 bridgehead atoms. The van der Waals surface area contributed by atoms with Gasteiger partial charge in [0.2, 0.25) is 5.13 Å². The van der Waals surface area contributed by atoms with Gasteiger partial charge in [0, 0.05) is 18.0 Å². The average Bonchev–Trinajstić information content (AvgIpc) is 3.04. The minimum absolute atomic E-state index is 0.164. The molecule has 0 unspecified atom stereocenters. The summed E-state index contributed by atoms with van der Waals surface area (Å²) in [4.78, 5) is 12.3. The van der Waals surface area contributed by atoms with Crippen molar-refractivity contribution in [2.75, 3.05) is 5.32 Å². The highest BCUT2D eigenvalue weighted by atomic mass is 32.1. The molecule has 2 aromatic heterocycles. The number of carbonyl (C=O) groups excluding carboxylic acids is 1. The monoisotopic (exact) mass is 286 g/mol. The van der Waals surface area contributed by atoms with Crippen LogP contribution in [0.15, 0.2) is 30.3 Å². The van der Waals surface area contributed by atoms with Crippen LogP contribution >= 0.6 is 11.3 Å². The Labute approximate surface area is 120 Å². The van der Waals surface area contributed by atoms with E-state index in [9.17, 15) is 4.79 Å². The lowest BCUT2D eigenvalue weighted by molar-refractivity contribution is 0.101. The minimum Gasteiger partial charge on any atom is -0.340 e. The van der Waals surface area contributed by atoms with Gasteiger partial charge in [0.05, 0.1) is 0 Å². The number of hydrogen-bond donors (Lipinski definition) is 1. The Morgan fingerprint density at radius 2 is 2.15 bits per heavy atom. The van der Waals surface area contributed by atoms with Crippen molar-refractivity contribution in [2.45, 2.75) is 13.3 Å². The first kappa shape index (κ1) is 12.8. The topological polar surface area (TPSA) is 59.8 Å². The maximum atomic E-state index is 12.3. The van der Waals surface area contributed by atoms with Crippen molar-refractivity contribution in [3.63, 3.8) is 0 Å². The number of carbonyl (C=O) groups is 1. The number of rotatable bonds is 3. The zero-order valence-electron chi connectivity index (χ0n) is 11.3. The molecular weight excluding hydrogens is 272 g/mol. The molecule has 102 valence electrons. The summed E-state index contributed by atoms with van der Waals surface area (Å²) in [6.07, 6.45) is 0.821. The molecule has 5 nitrogen and oxygen atoms in total. The van der Waals surface area contributed by atoms with Crippen molar-refractivity contribution in [2.24, 2.45) is 7.05 Å². The van der Waals surface area contributed by atoms with E-state index in [4.69, 9.17) is 0 Å². The van der Waals surface area contributed by atoms with Crippen LogP contribution in [0.2, 0.25) is 0 Å². The number of nitrogens with zero attached hydrogens (tertiary/aromatic N) is 3. The summed E-state index contributed by atoms with van der Waals surface area (Å²) in [5.74, 6) is -0.164. The molecule has 0 aliphatic carbocycles. The Balaban J connectivity index is 1.90. The van der Waals surface area contributed by atoms with Gasteiger partial charge in [0.15, 0.2) is 0 Å². The third kappa shape index (κ3) is 2.18. The van der Waals surface area contributed by atoms with Crippen molar-refractivity contribution in [1.29, 1.82) is 0 Å². The molecule has 0 saturated carbocycles. The van der Waals surface area contributed by atoms with Crippen LogP contribution in [0.1, 0.15) is 22.4 Å². The summed E-state index contributed by atoms with van der Waals surface area (Å²) in [6, 6.07) is 9.79. The summed E-state index contributed by atoms with van der Waals surface area (Å²) in [7, 11) is 1.88. The first-order chi connectivity index (χ1) is 9.69. The van der Waals surface area contributed by atoms with E-state index in [1.165, 1.54) is 11.3 Å². The molecule has 0 spiro atoms. The average molecular weight is 286 g/mol. The Morgan fingerprint density at radius 3 is 2.85 bits per heavy atom. The van der Waals surface area contributed by atoms with Crippen LogP contribution < -0.4 is 5.32 Å². The van der Waals surface area contributed by atoms with Gasteiger partial charge in [-0.25, -0.2) is 0 Å². The molecule has 0 aliphatic rings. The first-order valence-electron chi connectivity index (χ1n) is 6.37. The van der Waals surface area contributed by atoms with Gasteiger partial charge in [-0.2, -0.15) is 0 Å². The SMILES string of the molecule is CCc1nnc(NC(=O)c2cc3ccccc3n2C)s1. The van der Waals surface area contributed by atoms with E-state index < -0.39 is 0 Å². The molecule has 0 aliphatic heterocycles. The standard InChI is InChI=1S/C14H14N4OS/c1-3-12-16-17-14(20-12)15-13(19)11-8-9-6-4-5-7-10(9)18(11)2/h4-8H,3H2,1-2H3,(H,15,17,19). The number of benzene rings is 1. The van der Waals surface area contributed by atoms with Gasteiger partial charge in [-0.05, 0) is 18.6 Å². The summed E-state index contributed by atoms with van der Waals surface area (Å²) in [5.41, 5.74) is 1.64. The van der Waals surface area contributed by atoms with Gasteiger partial charge in [0.1, 0.15) is 10.7 Å². The molecule has 0 atom stereocenters. The van der Waals surface area contributed by atoms with Crippen LogP contribution in [0, 0.1) is 0 Å². The fourth-order valence-corrected chi connectivity index (χ4v) is 2.79. The van der Waals surface area contributed by atoms with E-state index in [1.54, 1.807) is 0 Å². The third-order valence-electron chi connectivity index (χ3n) is 3.17. The number of aryl methyl sites for hydroxylation is 2. The molecule has 0 saturated heterocycles. The number of aromatic nitrogens is 3. The summed E-state index contributed by atoms with van der Waals surface area (Å²) < 4.78 is 1.88. The molecular formula is C14H14N4OS. The Morgan fingerprint density at radius 1 is 1.35 bits per heavy atom. The van der Waals surface area contributed by atoms with Crippen LogP contribution in [0.25, 0.3) is 10.9 Å². The molecule has 2 heterocycles. The number of amides is 1. The molecule has 1 aromatic carbocycles. The van der Waals surface area contributed by atoms with Crippen LogP contribution in [0.5, 0.6) is 0 Å². The van der Waals surface area contributed by atoms with Gasteiger partial charge in [-0.15, -0.1) is 10.2 Å². The zero-order valence-corrected chi connectivity index (χ0v) is 12.1. The second kappa shape index (κ2) is 5.05.